The second kappa shape index (κ2) is 7.05. The predicted molar refractivity (Wildman–Crippen MR) is 117 cm³/mol. The van der Waals surface area contributed by atoms with E-state index in [-0.39, 0.29) is 23.2 Å². The highest BCUT2D eigenvalue weighted by molar-refractivity contribution is 5.85. The normalized spacial score (nSPS) is 46.1. The first kappa shape index (κ1) is 21.8. The lowest BCUT2D eigenvalue weighted by atomic mass is 9.41. The maximum Gasteiger partial charge on any atom is 0.138 e. The van der Waals surface area contributed by atoms with Crippen molar-refractivity contribution in [2.75, 3.05) is 6.61 Å². The van der Waals surface area contributed by atoms with Crippen LogP contribution in [0.15, 0.2) is 0 Å². The van der Waals surface area contributed by atoms with Gasteiger partial charge in [-0.25, -0.2) is 0 Å². The van der Waals surface area contributed by atoms with E-state index in [4.69, 9.17) is 9.47 Å². The first-order valence-corrected chi connectivity index (χ1v) is 12.3. The Morgan fingerprint density at radius 1 is 0.966 bits per heavy atom. The summed E-state index contributed by atoms with van der Waals surface area (Å²) in [6, 6.07) is 0. The van der Waals surface area contributed by atoms with Crippen LogP contribution in [-0.4, -0.2) is 30.2 Å². The fraction of sp³-hybridized carbons (Fsp3) is 0.962. The molecule has 166 valence electrons. The van der Waals surface area contributed by atoms with Gasteiger partial charge in [0, 0.05) is 11.8 Å². The van der Waals surface area contributed by atoms with Crippen molar-refractivity contribution in [2.24, 2.45) is 34.0 Å². The Morgan fingerprint density at radius 3 is 2.34 bits per heavy atom. The Labute approximate surface area is 178 Å². The smallest absolute Gasteiger partial charge is 0.138 e. The molecular formula is C26H44O3. The van der Waals surface area contributed by atoms with Crippen molar-refractivity contribution in [3.8, 4) is 0 Å². The summed E-state index contributed by atoms with van der Waals surface area (Å²) in [5.74, 6) is 2.39. The van der Waals surface area contributed by atoms with Gasteiger partial charge in [0.1, 0.15) is 5.78 Å². The number of ketones is 1. The molecule has 0 aromatic rings. The summed E-state index contributed by atoms with van der Waals surface area (Å²) in [6.45, 7) is 16.4. The molecule has 1 spiro atoms. The number of carbonyl (C=O) groups excluding carboxylic acids is 1. The first-order valence-electron chi connectivity index (χ1n) is 12.3. The largest absolute Gasteiger partial charge is 0.376 e. The van der Waals surface area contributed by atoms with Crippen LogP contribution in [0.3, 0.4) is 0 Å². The van der Waals surface area contributed by atoms with Gasteiger partial charge in [0.2, 0.25) is 0 Å². The second-order valence-electron chi connectivity index (χ2n) is 12.4. The molecule has 0 radical (unpaired) electrons. The minimum atomic E-state index is -0.156. The summed E-state index contributed by atoms with van der Waals surface area (Å²) < 4.78 is 13.0. The van der Waals surface area contributed by atoms with Gasteiger partial charge in [-0.3, -0.25) is 4.79 Å². The van der Waals surface area contributed by atoms with Gasteiger partial charge >= 0.3 is 0 Å². The predicted octanol–water partition coefficient (Wildman–Crippen LogP) is 6.19. The molecule has 0 aromatic carbocycles. The number of ether oxygens (including phenoxy) is 2. The van der Waals surface area contributed by atoms with Gasteiger partial charge in [-0.15, -0.1) is 0 Å². The quantitative estimate of drug-likeness (QED) is 0.548. The number of carbonyl (C=O) groups is 1. The molecule has 4 aliphatic rings. The minimum absolute atomic E-state index is 0.115. The zero-order valence-corrected chi connectivity index (χ0v) is 20.0. The van der Waals surface area contributed by atoms with Crippen LogP contribution in [-0.2, 0) is 14.3 Å². The molecule has 3 nitrogen and oxygen atoms in total. The number of hydrogen-bond acceptors (Lipinski definition) is 3. The van der Waals surface area contributed by atoms with Crippen LogP contribution in [0.2, 0.25) is 0 Å². The summed E-state index contributed by atoms with van der Waals surface area (Å²) in [7, 11) is 0. The van der Waals surface area contributed by atoms with Crippen LogP contribution < -0.4 is 0 Å². The SMILES string of the molecule is CC(C)OC[C@@]1(OC(C)C)C[C@@]23CC[C@H]4C(C)(C)C(=O)CC[C@]4(C)[C@H]2CC[C@@H]1C3. The van der Waals surface area contributed by atoms with Gasteiger partial charge in [0.15, 0.2) is 0 Å². The highest BCUT2D eigenvalue weighted by Gasteiger charge is 2.68. The summed E-state index contributed by atoms with van der Waals surface area (Å²) in [6.07, 6.45) is 9.88. The fourth-order valence-electron chi connectivity index (χ4n) is 8.74. The van der Waals surface area contributed by atoms with Crippen molar-refractivity contribution in [3.63, 3.8) is 0 Å². The molecule has 29 heavy (non-hydrogen) atoms. The third-order valence-corrected chi connectivity index (χ3v) is 9.73. The zero-order valence-electron chi connectivity index (χ0n) is 20.0. The van der Waals surface area contributed by atoms with E-state index < -0.39 is 0 Å². The highest BCUT2D eigenvalue weighted by atomic mass is 16.6. The zero-order chi connectivity index (χ0) is 21.2. The van der Waals surface area contributed by atoms with Crippen molar-refractivity contribution in [2.45, 2.75) is 118 Å². The van der Waals surface area contributed by atoms with Crippen molar-refractivity contribution in [1.82, 2.24) is 0 Å². The second-order valence-corrected chi connectivity index (χ2v) is 12.4. The molecule has 2 bridgehead atoms. The lowest BCUT2D eigenvalue weighted by molar-refractivity contribution is -0.168. The van der Waals surface area contributed by atoms with E-state index in [0.29, 0.717) is 28.4 Å². The van der Waals surface area contributed by atoms with Crippen molar-refractivity contribution < 1.29 is 14.3 Å². The molecule has 0 aliphatic heterocycles. The fourth-order valence-corrected chi connectivity index (χ4v) is 8.74. The van der Waals surface area contributed by atoms with Crippen LogP contribution in [0.4, 0.5) is 0 Å². The lowest BCUT2D eigenvalue weighted by Gasteiger charge is -2.63. The molecule has 0 heterocycles. The van der Waals surface area contributed by atoms with E-state index in [1.54, 1.807) is 0 Å². The standard InChI is InChI=1S/C26H44O3/c1-17(2)28-16-26(29-18(3)4)15-25-13-10-20-23(5,6)22(27)11-12-24(20,7)21(25)9-8-19(26)14-25/h17-21H,8-16H2,1-7H3/t19-,20+,21-,24+,25+,26+/m1/s1. The van der Waals surface area contributed by atoms with Crippen molar-refractivity contribution in [1.29, 1.82) is 0 Å². The molecule has 4 rings (SSSR count). The number of fused-ring (bicyclic) bond motifs is 3. The molecule has 4 fully saturated rings. The van der Waals surface area contributed by atoms with Crippen LogP contribution >= 0.6 is 0 Å². The maximum absolute atomic E-state index is 12.8. The van der Waals surface area contributed by atoms with E-state index in [2.05, 4.69) is 48.5 Å². The monoisotopic (exact) mass is 404 g/mol. The number of hydrogen-bond donors (Lipinski definition) is 0. The van der Waals surface area contributed by atoms with Crippen LogP contribution in [0.25, 0.3) is 0 Å². The van der Waals surface area contributed by atoms with Crippen LogP contribution in [0.5, 0.6) is 0 Å². The number of rotatable bonds is 5. The van der Waals surface area contributed by atoms with Crippen molar-refractivity contribution >= 4 is 5.78 Å². The molecule has 4 aliphatic carbocycles. The van der Waals surface area contributed by atoms with E-state index in [1.165, 1.54) is 32.1 Å². The van der Waals surface area contributed by atoms with Gasteiger partial charge in [-0.2, -0.15) is 0 Å². The summed E-state index contributed by atoms with van der Waals surface area (Å²) in [5.41, 5.74) is 0.417. The Morgan fingerprint density at radius 2 is 1.69 bits per heavy atom. The molecule has 6 atom stereocenters. The van der Waals surface area contributed by atoms with E-state index >= 15 is 0 Å². The van der Waals surface area contributed by atoms with Gasteiger partial charge in [-0.1, -0.05) is 20.8 Å². The Kier molecular flexibility index (Phi) is 5.30. The molecule has 3 heteroatoms. The Hall–Kier alpha value is -0.410. The Balaban J connectivity index is 1.67. The summed E-state index contributed by atoms with van der Waals surface area (Å²) >= 11 is 0. The van der Waals surface area contributed by atoms with Gasteiger partial charge < -0.3 is 9.47 Å². The third kappa shape index (κ3) is 3.25. The van der Waals surface area contributed by atoms with Crippen LogP contribution in [0, 0.1) is 34.0 Å². The molecule has 4 saturated carbocycles. The molecular weight excluding hydrogens is 360 g/mol. The highest BCUT2D eigenvalue weighted by Crippen LogP contribution is 2.73. The van der Waals surface area contributed by atoms with Gasteiger partial charge in [0.05, 0.1) is 24.4 Å². The van der Waals surface area contributed by atoms with E-state index in [9.17, 15) is 4.79 Å². The van der Waals surface area contributed by atoms with E-state index in [1.807, 2.05) is 0 Å². The minimum Gasteiger partial charge on any atom is -0.376 e. The first-order chi connectivity index (χ1) is 13.5. The average Bonchev–Trinajstić information content (AvgIpc) is 2.83. The third-order valence-electron chi connectivity index (χ3n) is 9.73. The maximum atomic E-state index is 12.8. The molecule has 0 amide bonds. The summed E-state index contributed by atoms with van der Waals surface area (Å²) in [4.78, 5) is 12.8. The summed E-state index contributed by atoms with van der Waals surface area (Å²) in [5, 5.41) is 0. The lowest BCUT2D eigenvalue weighted by Crippen LogP contribution is -2.58. The van der Waals surface area contributed by atoms with Gasteiger partial charge in [-0.05, 0) is 101 Å². The van der Waals surface area contributed by atoms with Gasteiger partial charge in [0.25, 0.3) is 0 Å². The average molecular weight is 405 g/mol. The molecule has 0 unspecified atom stereocenters. The Bertz CT molecular complexity index is 652. The van der Waals surface area contributed by atoms with Crippen molar-refractivity contribution in [3.05, 3.63) is 0 Å². The molecule has 0 saturated heterocycles. The number of Topliss-reactive ketones (excluding diaryl/α,β-unsaturated/α-hetero) is 1. The van der Waals surface area contributed by atoms with E-state index in [0.717, 1.165) is 31.8 Å². The molecule has 0 N–H and O–H groups in total. The van der Waals surface area contributed by atoms with Crippen LogP contribution in [0.1, 0.15) is 99.8 Å². The topological polar surface area (TPSA) is 35.5 Å². The molecule has 0 aromatic heterocycles.